The lowest BCUT2D eigenvalue weighted by molar-refractivity contribution is -0.158. The Hall–Kier alpha value is -5.37. The van der Waals surface area contributed by atoms with E-state index < -0.39 is 78.0 Å². The number of phenols is 1. The van der Waals surface area contributed by atoms with Gasteiger partial charge in [-0.25, -0.2) is 22.5 Å². The summed E-state index contributed by atoms with van der Waals surface area (Å²) in [6.07, 6.45) is 1.55. The van der Waals surface area contributed by atoms with Crippen LogP contribution in [0, 0.1) is 48.2 Å². The lowest BCUT2D eigenvalue weighted by atomic mass is 9.92. The highest BCUT2D eigenvalue weighted by atomic mass is 19.4. The number of rotatable bonds is 8. The molecule has 2 aromatic heterocycles. The van der Waals surface area contributed by atoms with Crippen molar-refractivity contribution in [3.63, 3.8) is 0 Å². The fraction of sp³-hybridized carbons (Fsp3) is 0.450. The fourth-order valence-corrected chi connectivity index (χ4v) is 9.11. The maximum absolute atomic E-state index is 17.6. The summed E-state index contributed by atoms with van der Waals surface area (Å²) in [7, 11) is 3.30. The molecule has 4 heterocycles. The van der Waals surface area contributed by atoms with Gasteiger partial charge in [-0.05, 0) is 62.5 Å². The van der Waals surface area contributed by atoms with Gasteiger partial charge in [0.25, 0.3) is 5.92 Å². The maximum Gasteiger partial charge on any atom is 0.392 e. The van der Waals surface area contributed by atoms with E-state index in [1.54, 1.807) is 23.9 Å². The molecule has 4 unspecified atom stereocenters. The zero-order valence-corrected chi connectivity index (χ0v) is 30.9. The Kier molecular flexibility index (Phi) is 8.20. The average Bonchev–Trinajstić information content (AvgIpc) is 3.97. The molecular formula is C40H35F7N6O4. The third-order valence-corrected chi connectivity index (χ3v) is 11.8. The molecule has 2 aliphatic carbocycles. The van der Waals surface area contributed by atoms with Crippen molar-refractivity contribution in [1.82, 2.24) is 24.8 Å². The van der Waals surface area contributed by atoms with Crippen molar-refractivity contribution in [3.05, 3.63) is 47.4 Å². The number of terminal acetylenes is 1. The van der Waals surface area contributed by atoms with Crippen LogP contribution in [0.15, 0.2) is 28.7 Å². The summed E-state index contributed by atoms with van der Waals surface area (Å²) in [5.41, 5.74) is -2.44. The highest BCUT2D eigenvalue weighted by molar-refractivity contribution is 6.16. The number of alkyl halides is 5. The number of halogens is 7. The van der Waals surface area contributed by atoms with E-state index in [1.165, 1.54) is 30.0 Å². The smallest absolute Gasteiger partial charge is 0.392 e. The third-order valence-electron chi connectivity index (χ3n) is 11.8. The van der Waals surface area contributed by atoms with Gasteiger partial charge in [0.1, 0.15) is 35.0 Å². The predicted octanol–water partition coefficient (Wildman–Crippen LogP) is 7.21. The Morgan fingerprint density at radius 1 is 1.09 bits per heavy atom. The summed E-state index contributed by atoms with van der Waals surface area (Å²) in [6.45, 7) is 1.18. The molecule has 2 saturated carbocycles. The number of nitrogens with zero attached hydrogens (tertiary/aromatic N) is 6. The molecule has 4 aliphatic rings. The zero-order chi connectivity index (χ0) is 40.5. The number of benzene rings is 3. The number of phenolic OH excluding ortho intramolecular Hbond substituents is 1. The van der Waals surface area contributed by atoms with Gasteiger partial charge in [-0.3, -0.25) is 4.79 Å². The van der Waals surface area contributed by atoms with Gasteiger partial charge in [0, 0.05) is 50.4 Å². The lowest BCUT2D eigenvalue weighted by Crippen LogP contribution is -2.56. The van der Waals surface area contributed by atoms with Gasteiger partial charge in [-0.2, -0.15) is 23.1 Å². The van der Waals surface area contributed by atoms with Crippen molar-refractivity contribution < 1.29 is 49.8 Å². The van der Waals surface area contributed by atoms with E-state index in [0.29, 0.717) is 18.2 Å². The summed E-state index contributed by atoms with van der Waals surface area (Å²) >= 11 is 0. The summed E-state index contributed by atoms with van der Waals surface area (Å²) in [5.74, 6) is -6.01. The van der Waals surface area contributed by atoms with Crippen LogP contribution in [0.5, 0.6) is 11.8 Å². The number of oxazole rings is 1. The first-order valence-corrected chi connectivity index (χ1v) is 18.4. The van der Waals surface area contributed by atoms with Crippen molar-refractivity contribution in [1.29, 1.82) is 0 Å². The Labute approximate surface area is 320 Å². The summed E-state index contributed by atoms with van der Waals surface area (Å²) in [4.78, 5) is 31.9. The second-order valence-corrected chi connectivity index (χ2v) is 16.0. The highest BCUT2D eigenvalue weighted by Crippen LogP contribution is 2.61. The summed E-state index contributed by atoms with van der Waals surface area (Å²) in [5, 5.41) is 11.2. The van der Waals surface area contributed by atoms with Gasteiger partial charge in [-0.1, -0.05) is 12.0 Å². The van der Waals surface area contributed by atoms with E-state index in [0.717, 1.165) is 6.07 Å². The number of hydrogen-bond acceptors (Lipinski definition) is 9. The number of fused-ring (bicyclic) bond motifs is 6. The van der Waals surface area contributed by atoms with E-state index in [4.69, 9.17) is 15.6 Å². The SMILES string of the molecule is C#Cc1c(F)ccc2cc(O)cc(-c3c(F)c4nc(OC[C@]5(CN(C)C)CC5(F)F)nc(N5CC6CCC(C5)N6C(=O)C5CC5C(F)(F)F)c4c4oc(C)nc34)c12. The molecule has 5 aromatic rings. The second-order valence-electron chi connectivity index (χ2n) is 16.0. The number of ether oxygens (including phenoxy) is 1. The minimum atomic E-state index is -4.47. The second kappa shape index (κ2) is 12.6. The first-order chi connectivity index (χ1) is 26.9. The van der Waals surface area contributed by atoms with Gasteiger partial charge in [-0.15, -0.1) is 6.42 Å². The van der Waals surface area contributed by atoms with Crippen LogP contribution < -0.4 is 9.64 Å². The Morgan fingerprint density at radius 3 is 2.40 bits per heavy atom. The van der Waals surface area contributed by atoms with Crippen molar-refractivity contribution in [2.75, 3.05) is 45.2 Å². The van der Waals surface area contributed by atoms with Gasteiger partial charge in [0.05, 0.1) is 33.8 Å². The molecule has 4 fully saturated rings. The normalized spacial score (nSPS) is 25.2. The number of carbonyl (C=O) groups excluding carboxylic acids is 1. The number of anilines is 1. The molecule has 9 rings (SSSR count). The molecule has 10 nitrogen and oxygen atoms in total. The Morgan fingerprint density at radius 2 is 1.79 bits per heavy atom. The molecule has 1 amide bonds. The largest absolute Gasteiger partial charge is 0.508 e. The minimum absolute atomic E-state index is 0.00487. The van der Waals surface area contributed by atoms with Crippen LogP contribution in [0.3, 0.4) is 0 Å². The first kappa shape index (κ1) is 37.2. The van der Waals surface area contributed by atoms with Crippen molar-refractivity contribution in [3.8, 4) is 35.2 Å². The fourth-order valence-electron chi connectivity index (χ4n) is 9.11. The number of aryl methyl sites for hydroxylation is 1. The van der Waals surface area contributed by atoms with Crippen molar-refractivity contribution in [2.24, 2.45) is 17.3 Å². The molecule has 2 saturated heterocycles. The summed E-state index contributed by atoms with van der Waals surface area (Å²) < 4.78 is 115. The monoisotopic (exact) mass is 796 g/mol. The number of amides is 1. The number of piperazine rings is 1. The van der Waals surface area contributed by atoms with Crippen LogP contribution >= 0.6 is 0 Å². The van der Waals surface area contributed by atoms with Crippen LogP contribution in [0.2, 0.25) is 0 Å². The van der Waals surface area contributed by atoms with E-state index in [-0.39, 0.29) is 87.6 Å². The lowest BCUT2D eigenvalue weighted by Gasteiger charge is -2.42. The van der Waals surface area contributed by atoms with Gasteiger partial charge in [0.15, 0.2) is 17.3 Å². The summed E-state index contributed by atoms with van der Waals surface area (Å²) in [6, 6.07) is 3.63. The van der Waals surface area contributed by atoms with Crippen LogP contribution in [0.4, 0.5) is 36.6 Å². The van der Waals surface area contributed by atoms with E-state index >= 15 is 8.78 Å². The maximum atomic E-state index is 17.6. The number of aromatic hydroxyl groups is 1. The molecule has 5 atom stereocenters. The molecule has 0 radical (unpaired) electrons. The molecule has 298 valence electrons. The van der Waals surface area contributed by atoms with Crippen LogP contribution in [0.25, 0.3) is 43.9 Å². The first-order valence-electron chi connectivity index (χ1n) is 18.4. The Bertz CT molecular complexity index is 2560. The van der Waals surface area contributed by atoms with Crippen LogP contribution in [-0.2, 0) is 4.79 Å². The molecule has 2 aliphatic heterocycles. The van der Waals surface area contributed by atoms with Gasteiger partial charge in [0.2, 0.25) is 5.91 Å². The van der Waals surface area contributed by atoms with E-state index in [2.05, 4.69) is 20.9 Å². The molecule has 1 N–H and O–H groups in total. The quantitative estimate of drug-likeness (QED) is 0.129. The average molecular weight is 797 g/mol. The molecule has 2 bridgehead atoms. The number of hydrogen-bond donors (Lipinski definition) is 1. The number of carbonyl (C=O) groups is 1. The number of aromatic nitrogens is 3. The van der Waals surface area contributed by atoms with Crippen molar-refractivity contribution >= 4 is 44.5 Å². The van der Waals surface area contributed by atoms with E-state index in [9.17, 15) is 31.9 Å². The molecule has 0 spiro atoms. The molecule has 57 heavy (non-hydrogen) atoms. The van der Waals surface area contributed by atoms with Crippen LogP contribution in [0.1, 0.15) is 37.1 Å². The third kappa shape index (κ3) is 5.89. The zero-order valence-electron chi connectivity index (χ0n) is 30.9. The molecule has 17 heteroatoms. The van der Waals surface area contributed by atoms with Crippen LogP contribution in [-0.4, -0.2) is 100 Å². The van der Waals surface area contributed by atoms with Gasteiger partial charge < -0.3 is 29.0 Å². The Balaban J connectivity index is 1.22. The van der Waals surface area contributed by atoms with Crippen molar-refractivity contribution in [2.45, 2.75) is 56.8 Å². The topological polar surface area (TPSA) is 108 Å². The molecule has 3 aromatic carbocycles. The molecular weight excluding hydrogens is 761 g/mol. The van der Waals surface area contributed by atoms with E-state index in [1.807, 2.05) is 0 Å². The highest BCUT2D eigenvalue weighted by Gasteiger charge is 2.71. The van der Waals surface area contributed by atoms with Gasteiger partial charge >= 0.3 is 12.2 Å². The standard InChI is InChI=1S/C40H35F7N6O4/c1-5-23-27(41)9-6-19-10-22(54)11-25(28(19)23)29-31(42)32-30(34-33(29)48-18(2)57-34)35(50-37(49-32)56-17-38(16-51(3)4)15-39(38,43)44)52-13-20-7-8-21(14-52)53(20)36(55)24-12-26(24)40(45,46)47/h1,6,9-11,20-21,24,26,54H,7-8,12-17H2,2-4H3/t20?,21?,24?,26?,38-/m1/s1. The predicted molar refractivity (Wildman–Crippen MR) is 194 cm³/mol. The minimum Gasteiger partial charge on any atom is -0.508 e.